The second kappa shape index (κ2) is 9.15. The number of alkyl halides is 1. The number of hydrazine groups is 1. The lowest BCUT2D eigenvalue weighted by molar-refractivity contribution is -0.384. The molecule has 2 fully saturated rings. The average Bonchev–Trinajstić information content (AvgIpc) is 3.55. The molecule has 0 bridgehead atoms. The van der Waals surface area contributed by atoms with Crippen LogP contribution >= 0.6 is 39.5 Å². The van der Waals surface area contributed by atoms with Crippen molar-refractivity contribution in [2.45, 2.75) is 41.1 Å². The summed E-state index contributed by atoms with van der Waals surface area (Å²) in [4.78, 5) is 49.7. The Kier molecular flexibility index (Phi) is 6.32. The van der Waals surface area contributed by atoms with Crippen molar-refractivity contribution in [3.8, 4) is 0 Å². The minimum Gasteiger partial charge on any atom is -0.456 e. The maximum Gasteiger partial charge on any atom is 0.355 e. The van der Waals surface area contributed by atoms with Crippen LogP contribution in [0.3, 0.4) is 0 Å². The SMILES string of the molecule is CC(=O)OC(C1=CSC2CCNN12)C1(Br)C(=O)N2C(C(=O)OCc3ccc([N+](=O)[O-])cc3)=CS[C@@H]21. The Morgan fingerprint density at radius 1 is 1.31 bits per heavy atom. The second-order valence-electron chi connectivity index (χ2n) is 8.12. The smallest absolute Gasteiger partial charge is 0.355 e. The molecule has 0 radical (unpaired) electrons. The van der Waals surface area contributed by atoms with Gasteiger partial charge in [-0.1, -0.05) is 15.9 Å². The predicted octanol–water partition coefficient (Wildman–Crippen LogP) is 2.58. The number of fused-ring (bicyclic) bond motifs is 2. The lowest BCUT2D eigenvalue weighted by Crippen LogP contribution is -2.73. The molecule has 2 saturated heterocycles. The number of non-ortho nitro benzene ring substituents is 1. The Labute approximate surface area is 216 Å². The van der Waals surface area contributed by atoms with Crippen LogP contribution in [0.25, 0.3) is 0 Å². The number of esters is 2. The molecule has 0 saturated carbocycles. The zero-order chi connectivity index (χ0) is 24.9. The largest absolute Gasteiger partial charge is 0.456 e. The highest BCUT2D eigenvalue weighted by Gasteiger charge is 2.70. The molecule has 0 aromatic heterocycles. The molecule has 5 rings (SSSR count). The number of thioether (sulfide) groups is 2. The standard InChI is InChI=1S/C21H19BrN4O7S2/c1-11(27)33-17(14-9-34-16-6-7-23-25(14)16)21(22)19(29)24-15(10-35-20(21)24)18(28)32-8-12-2-4-13(5-3-12)26(30)31/h2-5,9-10,16-17,20,23H,6-8H2,1H3/t16?,17?,20-,21?/m1/s1. The van der Waals surface area contributed by atoms with Crippen molar-refractivity contribution in [3.05, 3.63) is 62.2 Å². The van der Waals surface area contributed by atoms with Crippen molar-refractivity contribution >= 4 is 63.0 Å². The lowest BCUT2D eigenvalue weighted by atomic mass is 9.88. The number of nitro groups is 1. The van der Waals surface area contributed by atoms with Crippen LogP contribution in [0.15, 0.2) is 46.5 Å². The fourth-order valence-electron chi connectivity index (χ4n) is 4.27. The molecule has 4 aliphatic heterocycles. The summed E-state index contributed by atoms with van der Waals surface area (Å²) in [6.07, 6.45) is 0.0188. The predicted molar refractivity (Wildman–Crippen MR) is 130 cm³/mol. The number of nitrogens with one attached hydrogen (secondary N) is 1. The van der Waals surface area contributed by atoms with Crippen LogP contribution in [0.1, 0.15) is 18.9 Å². The van der Waals surface area contributed by atoms with Gasteiger partial charge < -0.3 is 9.47 Å². The Balaban J connectivity index is 1.28. The molecular formula is C21H19BrN4O7S2. The fraction of sp³-hybridized carbons (Fsp3) is 0.381. The molecule has 1 aromatic rings. The number of carbonyl (C=O) groups excluding carboxylic acids is 3. The Hall–Kier alpha value is -2.55. The molecule has 4 heterocycles. The molecule has 0 aliphatic carbocycles. The quantitative estimate of drug-likeness (QED) is 0.167. The first-order valence-electron chi connectivity index (χ1n) is 10.6. The fourth-order valence-corrected chi connectivity index (χ4v) is 7.65. The normalized spacial score (nSPS) is 27.4. The number of rotatable bonds is 7. The third-order valence-electron chi connectivity index (χ3n) is 5.95. The molecule has 14 heteroatoms. The monoisotopic (exact) mass is 582 g/mol. The molecule has 11 nitrogen and oxygen atoms in total. The lowest BCUT2D eigenvalue weighted by Gasteiger charge is -2.52. The number of ether oxygens (including phenoxy) is 2. The summed E-state index contributed by atoms with van der Waals surface area (Å²) in [6, 6.07) is 5.65. The first-order valence-corrected chi connectivity index (χ1v) is 13.2. The molecule has 35 heavy (non-hydrogen) atoms. The van der Waals surface area contributed by atoms with E-state index in [1.165, 1.54) is 47.9 Å². The number of nitrogens with zero attached hydrogens (tertiary/aromatic N) is 3. The van der Waals surface area contributed by atoms with Crippen LogP contribution < -0.4 is 5.43 Å². The summed E-state index contributed by atoms with van der Waals surface area (Å²) in [7, 11) is 0. The van der Waals surface area contributed by atoms with Gasteiger partial charge in [0.25, 0.3) is 11.6 Å². The Morgan fingerprint density at radius 3 is 2.74 bits per heavy atom. The minimum atomic E-state index is -1.26. The summed E-state index contributed by atoms with van der Waals surface area (Å²) in [5, 5.41) is 15.8. The van der Waals surface area contributed by atoms with Crippen LogP contribution in [0.2, 0.25) is 0 Å². The summed E-state index contributed by atoms with van der Waals surface area (Å²) in [5.41, 5.74) is 4.55. The number of halogens is 1. The van der Waals surface area contributed by atoms with Gasteiger partial charge in [-0.15, -0.1) is 23.5 Å². The van der Waals surface area contributed by atoms with E-state index in [0.717, 1.165) is 13.0 Å². The molecule has 4 aliphatic rings. The van der Waals surface area contributed by atoms with Gasteiger partial charge in [0.2, 0.25) is 0 Å². The van der Waals surface area contributed by atoms with E-state index in [4.69, 9.17) is 9.47 Å². The molecule has 1 N–H and O–H groups in total. The number of hydrogen-bond donors (Lipinski definition) is 1. The molecule has 4 atom stereocenters. The van der Waals surface area contributed by atoms with Gasteiger partial charge >= 0.3 is 11.9 Å². The van der Waals surface area contributed by atoms with Crippen molar-refractivity contribution in [3.63, 3.8) is 0 Å². The van der Waals surface area contributed by atoms with Gasteiger partial charge in [0.05, 0.1) is 16.0 Å². The zero-order valence-corrected chi connectivity index (χ0v) is 21.4. The highest BCUT2D eigenvalue weighted by Crippen LogP contribution is 2.56. The van der Waals surface area contributed by atoms with Gasteiger partial charge in [-0.3, -0.25) is 29.6 Å². The molecular weight excluding hydrogens is 564 g/mol. The van der Waals surface area contributed by atoms with E-state index < -0.39 is 38.6 Å². The summed E-state index contributed by atoms with van der Waals surface area (Å²) in [6.45, 7) is 1.97. The van der Waals surface area contributed by atoms with E-state index in [1.807, 2.05) is 10.4 Å². The number of nitro benzene ring substituents is 1. The molecule has 184 valence electrons. The van der Waals surface area contributed by atoms with Gasteiger partial charge in [-0.05, 0) is 29.5 Å². The summed E-state index contributed by atoms with van der Waals surface area (Å²) in [5.74, 6) is -1.62. The van der Waals surface area contributed by atoms with Crippen molar-refractivity contribution in [2.24, 2.45) is 0 Å². The van der Waals surface area contributed by atoms with Crippen LogP contribution in [0.5, 0.6) is 0 Å². The van der Waals surface area contributed by atoms with E-state index in [0.29, 0.717) is 11.3 Å². The highest BCUT2D eigenvalue weighted by atomic mass is 79.9. The topological polar surface area (TPSA) is 131 Å². The van der Waals surface area contributed by atoms with Gasteiger partial charge in [0, 0.05) is 31.0 Å². The zero-order valence-electron chi connectivity index (χ0n) is 18.2. The number of carbonyl (C=O) groups is 3. The van der Waals surface area contributed by atoms with Crippen LogP contribution in [0.4, 0.5) is 5.69 Å². The van der Waals surface area contributed by atoms with E-state index in [9.17, 15) is 24.5 Å². The number of hydrogen-bond acceptors (Lipinski definition) is 11. The maximum atomic E-state index is 13.4. The van der Waals surface area contributed by atoms with Crippen LogP contribution in [0, 0.1) is 10.1 Å². The molecule has 1 amide bonds. The van der Waals surface area contributed by atoms with Crippen LogP contribution in [-0.4, -0.2) is 60.4 Å². The Morgan fingerprint density at radius 2 is 2.06 bits per heavy atom. The second-order valence-corrected chi connectivity index (χ2v) is 11.4. The third kappa shape index (κ3) is 4.01. The van der Waals surface area contributed by atoms with Crippen LogP contribution in [-0.2, 0) is 30.5 Å². The van der Waals surface area contributed by atoms with E-state index in [1.54, 1.807) is 17.2 Å². The average molecular weight is 583 g/mol. The Bertz CT molecular complexity index is 1180. The first kappa shape index (κ1) is 24.2. The van der Waals surface area contributed by atoms with Crippen molar-refractivity contribution in [1.29, 1.82) is 0 Å². The van der Waals surface area contributed by atoms with Gasteiger partial charge in [0.15, 0.2) is 10.4 Å². The van der Waals surface area contributed by atoms with Gasteiger partial charge in [-0.2, -0.15) is 0 Å². The molecule has 1 aromatic carbocycles. The summed E-state index contributed by atoms with van der Waals surface area (Å²) >= 11 is 6.44. The number of benzene rings is 1. The first-order chi connectivity index (χ1) is 16.7. The van der Waals surface area contributed by atoms with Crippen molar-refractivity contribution in [1.82, 2.24) is 15.3 Å². The van der Waals surface area contributed by atoms with Gasteiger partial charge in [0.1, 0.15) is 17.7 Å². The van der Waals surface area contributed by atoms with E-state index in [2.05, 4.69) is 21.4 Å². The van der Waals surface area contributed by atoms with E-state index >= 15 is 0 Å². The molecule has 3 unspecified atom stereocenters. The number of amides is 1. The van der Waals surface area contributed by atoms with Crippen molar-refractivity contribution < 1.29 is 28.8 Å². The third-order valence-corrected chi connectivity index (χ3v) is 9.78. The van der Waals surface area contributed by atoms with E-state index in [-0.39, 0.29) is 23.4 Å². The van der Waals surface area contributed by atoms with Crippen molar-refractivity contribution in [2.75, 3.05) is 6.54 Å². The maximum absolute atomic E-state index is 13.4. The number of β-lactam (4-membered cyclic amide) rings is 1. The highest BCUT2D eigenvalue weighted by molar-refractivity contribution is 9.10. The minimum absolute atomic E-state index is 0.0637. The molecule has 0 spiro atoms. The van der Waals surface area contributed by atoms with Gasteiger partial charge in [-0.25, -0.2) is 10.2 Å². The summed E-state index contributed by atoms with van der Waals surface area (Å²) < 4.78 is 9.75.